The van der Waals surface area contributed by atoms with E-state index in [2.05, 4.69) is 69.4 Å². The largest absolute Gasteiger partial charge is 0.462 e. The molecule has 0 fully saturated rings. The van der Waals surface area contributed by atoms with Crippen LogP contribution in [0.2, 0.25) is 0 Å². The molecule has 0 aliphatic rings. The van der Waals surface area contributed by atoms with E-state index in [0.717, 1.165) is 89.9 Å². The third-order valence-electron chi connectivity index (χ3n) is 13.8. The lowest BCUT2D eigenvalue weighted by atomic mass is 10.0. The lowest BCUT2D eigenvalue weighted by molar-refractivity contribution is -0.167. The second-order valence-electron chi connectivity index (χ2n) is 21.0. The van der Waals surface area contributed by atoms with Crippen LogP contribution in [0.15, 0.2) is 48.6 Å². The lowest BCUT2D eigenvalue weighted by Crippen LogP contribution is -2.30. The molecule has 0 heterocycles. The summed E-state index contributed by atoms with van der Waals surface area (Å²) in [5, 5.41) is 0. The van der Waals surface area contributed by atoms with E-state index in [4.69, 9.17) is 14.2 Å². The highest BCUT2D eigenvalue weighted by Crippen LogP contribution is 2.17. The summed E-state index contributed by atoms with van der Waals surface area (Å²) >= 11 is 0. The molecule has 6 nitrogen and oxygen atoms in total. The van der Waals surface area contributed by atoms with E-state index in [1.165, 1.54) is 199 Å². The first kappa shape index (κ1) is 68.4. The van der Waals surface area contributed by atoms with Crippen LogP contribution >= 0.6 is 0 Å². The minimum Gasteiger partial charge on any atom is -0.462 e. The number of carbonyl (C=O) groups excluding carboxylic acids is 3. The monoisotopic (exact) mass is 995 g/mol. The summed E-state index contributed by atoms with van der Waals surface area (Å²) in [5.41, 5.74) is 0. The molecule has 71 heavy (non-hydrogen) atoms. The Labute approximate surface area is 441 Å². The average molecular weight is 996 g/mol. The highest BCUT2D eigenvalue weighted by atomic mass is 16.6. The zero-order chi connectivity index (χ0) is 51.4. The Balaban J connectivity index is 4.33. The Morgan fingerprint density at radius 2 is 0.549 bits per heavy atom. The van der Waals surface area contributed by atoms with Gasteiger partial charge in [-0.1, -0.05) is 301 Å². The van der Waals surface area contributed by atoms with Gasteiger partial charge in [-0.15, -0.1) is 0 Å². The van der Waals surface area contributed by atoms with Gasteiger partial charge in [0.2, 0.25) is 0 Å². The molecule has 0 aliphatic heterocycles. The van der Waals surface area contributed by atoms with Gasteiger partial charge in [-0.05, 0) is 57.8 Å². The predicted octanol–water partition coefficient (Wildman–Crippen LogP) is 21.0. The quantitative estimate of drug-likeness (QED) is 0.0261. The van der Waals surface area contributed by atoms with Crippen molar-refractivity contribution in [3.05, 3.63) is 48.6 Å². The van der Waals surface area contributed by atoms with Crippen LogP contribution in [0.1, 0.15) is 329 Å². The van der Waals surface area contributed by atoms with E-state index in [-0.39, 0.29) is 31.1 Å². The van der Waals surface area contributed by atoms with E-state index < -0.39 is 6.10 Å². The van der Waals surface area contributed by atoms with Gasteiger partial charge in [0.05, 0.1) is 0 Å². The standard InChI is InChI=1S/C65H118O6/c1-4-7-10-13-16-19-22-25-28-31-32-33-34-35-38-40-43-46-49-52-55-58-64(67)70-61-62(71-65(68)59-56-53-50-47-44-41-37-30-27-24-21-18-15-12-9-6-3)60-69-63(66)57-54-51-48-45-42-39-36-29-26-23-20-17-14-11-8-5-2/h7,10,16,19,25,28,32-33,62H,4-6,8-9,11-15,17-18,20-24,26-27,29-31,34-61H2,1-3H3/b10-7-,19-16-,28-25-,33-32-. The Bertz CT molecular complexity index is 1230. The minimum absolute atomic E-state index is 0.0703. The van der Waals surface area contributed by atoms with Gasteiger partial charge in [-0.25, -0.2) is 0 Å². The molecule has 1 atom stereocenters. The van der Waals surface area contributed by atoms with Crippen molar-refractivity contribution in [3.63, 3.8) is 0 Å². The van der Waals surface area contributed by atoms with Gasteiger partial charge in [-0.2, -0.15) is 0 Å². The van der Waals surface area contributed by atoms with Gasteiger partial charge >= 0.3 is 17.9 Å². The smallest absolute Gasteiger partial charge is 0.306 e. The van der Waals surface area contributed by atoms with Crippen LogP contribution in [0.4, 0.5) is 0 Å². The fraction of sp³-hybridized carbons (Fsp3) is 0.831. The Morgan fingerprint density at radius 1 is 0.296 bits per heavy atom. The van der Waals surface area contributed by atoms with E-state index >= 15 is 0 Å². The summed E-state index contributed by atoms with van der Waals surface area (Å²) in [6.07, 6.45) is 73.9. The second kappa shape index (κ2) is 59.9. The summed E-state index contributed by atoms with van der Waals surface area (Å²) in [6.45, 7) is 6.58. The van der Waals surface area contributed by atoms with Gasteiger partial charge in [0.1, 0.15) is 13.2 Å². The first-order valence-electron chi connectivity index (χ1n) is 31.1. The zero-order valence-corrected chi connectivity index (χ0v) is 47.5. The highest BCUT2D eigenvalue weighted by molar-refractivity contribution is 5.71. The van der Waals surface area contributed by atoms with Gasteiger partial charge < -0.3 is 14.2 Å². The number of hydrogen-bond acceptors (Lipinski definition) is 6. The highest BCUT2D eigenvalue weighted by Gasteiger charge is 2.19. The number of ether oxygens (including phenoxy) is 3. The Morgan fingerprint density at radius 3 is 0.859 bits per heavy atom. The van der Waals surface area contributed by atoms with Gasteiger partial charge in [0.15, 0.2) is 6.10 Å². The average Bonchev–Trinajstić information content (AvgIpc) is 3.37. The maximum Gasteiger partial charge on any atom is 0.306 e. The van der Waals surface area contributed by atoms with Crippen LogP contribution in [0.25, 0.3) is 0 Å². The van der Waals surface area contributed by atoms with Crippen molar-refractivity contribution < 1.29 is 28.6 Å². The summed E-state index contributed by atoms with van der Waals surface area (Å²) in [4.78, 5) is 38.3. The van der Waals surface area contributed by atoms with Crippen LogP contribution in [-0.2, 0) is 28.6 Å². The fourth-order valence-electron chi connectivity index (χ4n) is 9.20. The molecule has 414 valence electrons. The molecule has 0 aromatic rings. The third kappa shape index (κ3) is 58.1. The number of allylic oxidation sites excluding steroid dienone is 8. The molecule has 0 spiro atoms. The molecular formula is C65H118O6. The molecular weight excluding hydrogens is 877 g/mol. The van der Waals surface area contributed by atoms with Crippen molar-refractivity contribution in [1.82, 2.24) is 0 Å². The molecule has 0 saturated heterocycles. The van der Waals surface area contributed by atoms with Crippen molar-refractivity contribution in [2.75, 3.05) is 13.2 Å². The van der Waals surface area contributed by atoms with Crippen molar-refractivity contribution >= 4 is 17.9 Å². The van der Waals surface area contributed by atoms with Crippen molar-refractivity contribution in [3.8, 4) is 0 Å². The predicted molar refractivity (Wildman–Crippen MR) is 307 cm³/mol. The van der Waals surface area contributed by atoms with E-state index in [1.54, 1.807) is 0 Å². The molecule has 1 unspecified atom stereocenters. The Kier molecular flexibility index (Phi) is 57.7. The normalized spacial score (nSPS) is 12.3. The van der Waals surface area contributed by atoms with Crippen molar-refractivity contribution in [2.24, 2.45) is 0 Å². The van der Waals surface area contributed by atoms with E-state index in [0.29, 0.717) is 19.3 Å². The number of rotatable bonds is 57. The Hall–Kier alpha value is -2.63. The van der Waals surface area contributed by atoms with Gasteiger partial charge in [0, 0.05) is 19.3 Å². The molecule has 0 radical (unpaired) electrons. The van der Waals surface area contributed by atoms with Crippen molar-refractivity contribution in [1.29, 1.82) is 0 Å². The van der Waals surface area contributed by atoms with Crippen LogP contribution in [0, 0.1) is 0 Å². The SMILES string of the molecule is CC/C=C\C/C=C\C/C=C\C/C=C\CCCCCCCCCCC(=O)OCC(COC(=O)CCCCCCCCCCCCCCCCCC)OC(=O)CCCCCCCCCCCCCCCCCC. The van der Waals surface area contributed by atoms with Crippen LogP contribution in [-0.4, -0.2) is 37.2 Å². The van der Waals surface area contributed by atoms with E-state index in [1.807, 2.05) is 0 Å². The molecule has 0 N–H and O–H groups in total. The molecule has 0 aromatic heterocycles. The molecule has 0 rings (SSSR count). The van der Waals surface area contributed by atoms with E-state index in [9.17, 15) is 14.4 Å². The number of carbonyl (C=O) groups is 3. The van der Waals surface area contributed by atoms with Gasteiger partial charge in [-0.3, -0.25) is 14.4 Å². The topological polar surface area (TPSA) is 78.9 Å². The van der Waals surface area contributed by atoms with Crippen LogP contribution in [0.5, 0.6) is 0 Å². The first-order chi connectivity index (χ1) is 35.0. The summed E-state index contributed by atoms with van der Waals surface area (Å²) in [5.74, 6) is -0.856. The first-order valence-corrected chi connectivity index (χ1v) is 31.1. The molecule has 6 heteroatoms. The third-order valence-corrected chi connectivity index (χ3v) is 13.8. The molecule has 0 aliphatic carbocycles. The molecule has 0 aromatic carbocycles. The number of hydrogen-bond donors (Lipinski definition) is 0. The van der Waals surface area contributed by atoms with Crippen LogP contribution < -0.4 is 0 Å². The second-order valence-corrected chi connectivity index (χ2v) is 21.0. The van der Waals surface area contributed by atoms with Crippen molar-refractivity contribution in [2.45, 2.75) is 335 Å². The van der Waals surface area contributed by atoms with Gasteiger partial charge in [0.25, 0.3) is 0 Å². The molecule has 0 bridgehead atoms. The number of unbranched alkanes of at least 4 members (excludes halogenated alkanes) is 38. The maximum atomic E-state index is 12.9. The summed E-state index contributed by atoms with van der Waals surface area (Å²) < 4.78 is 16.9. The fourth-order valence-corrected chi connectivity index (χ4v) is 9.20. The lowest BCUT2D eigenvalue weighted by Gasteiger charge is -2.18. The van der Waals surface area contributed by atoms with Crippen LogP contribution in [0.3, 0.4) is 0 Å². The molecule has 0 amide bonds. The summed E-state index contributed by atoms with van der Waals surface area (Å²) in [7, 11) is 0. The summed E-state index contributed by atoms with van der Waals surface area (Å²) in [6, 6.07) is 0. The maximum absolute atomic E-state index is 12.9. The zero-order valence-electron chi connectivity index (χ0n) is 47.5. The minimum atomic E-state index is -0.773. The number of esters is 3. The molecule has 0 saturated carbocycles.